The molecule has 2 heterocycles. The second-order valence-electron chi connectivity index (χ2n) is 3.34. The molecule has 72 valence electrons. The molecule has 0 spiro atoms. The molecular weight excluding hydrogens is 184 g/mol. The van der Waals surface area contributed by atoms with Crippen molar-refractivity contribution in [3.05, 3.63) is 15.6 Å². The van der Waals surface area contributed by atoms with E-state index in [1.54, 1.807) is 11.3 Å². The predicted molar refractivity (Wildman–Crippen MR) is 53.0 cm³/mol. The van der Waals surface area contributed by atoms with E-state index in [1.165, 1.54) is 4.88 Å². The highest BCUT2D eigenvalue weighted by atomic mass is 32.1. The lowest BCUT2D eigenvalue weighted by molar-refractivity contribution is 0.00748. The van der Waals surface area contributed by atoms with Crippen LogP contribution in [-0.2, 0) is 11.3 Å². The third-order valence-corrected chi connectivity index (χ3v) is 3.31. The molecule has 0 aromatic carbocycles. The van der Waals surface area contributed by atoms with Crippen LogP contribution < -0.4 is 5.32 Å². The van der Waals surface area contributed by atoms with Crippen LogP contribution in [0.1, 0.15) is 15.6 Å². The zero-order chi connectivity index (χ0) is 9.26. The van der Waals surface area contributed by atoms with Gasteiger partial charge in [-0.25, -0.2) is 4.98 Å². The van der Waals surface area contributed by atoms with Crippen LogP contribution in [0.2, 0.25) is 0 Å². The minimum absolute atomic E-state index is 0.407. The van der Waals surface area contributed by atoms with Gasteiger partial charge in [-0.1, -0.05) is 0 Å². The van der Waals surface area contributed by atoms with E-state index < -0.39 is 0 Å². The molecule has 0 radical (unpaired) electrons. The van der Waals surface area contributed by atoms with Gasteiger partial charge in [-0.3, -0.25) is 0 Å². The number of thiazole rings is 1. The summed E-state index contributed by atoms with van der Waals surface area (Å²) in [5, 5.41) is 4.27. The fourth-order valence-electron chi connectivity index (χ4n) is 1.17. The largest absolute Gasteiger partial charge is 0.368 e. The Balaban J connectivity index is 1.86. The van der Waals surface area contributed by atoms with Gasteiger partial charge in [0.25, 0.3) is 0 Å². The first-order valence-electron chi connectivity index (χ1n) is 4.51. The Morgan fingerprint density at radius 2 is 2.31 bits per heavy atom. The molecule has 1 saturated heterocycles. The Bertz CT molecular complexity index is 274. The summed E-state index contributed by atoms with van der Waals surface area (Å²) in [6.07, 6.45) is 0.407. The lowest BCUT2D eigenvalue weighted by Crippen LogP contribution is -2.48. The highest BCUT2D eigenvalue weighted by Gasteiger charge is 2.17. The minimum Gasteiger partial charge on any atom is -0.368 e. The molecule has 1 aromatic rings. The van der Waals surface area contributed by atoms with Crippen LogP contribution in [0, 0.1) is 13.8 Å². The molecule has 0 unspecified atom stereocenters. The Hall–Kier alpha value is -0.450. The van der Waals surface area contributed by atoms with Gasteiger partial charge in [0.15, 0.2) is 0 Å². The van der Waals surface area contributed by atoms with Crippen LogP contribution in [-0.4, -0.2) is 24.2 Å². The van der Waals surface area contributed by atoms with E-state index in [0.717, 1.165) is 23.8 Å². The molecule has 0 atom stereocenters. The number of rotatable bonds is 3. The predicted octanol–water partition coefficient (Wildman–Crippen LogP) is 1.25. The second kappa shape index (κ2) is 3.74. The van der Waals surface area contributed by atoms with Crippen molar-refractivity contribution in [1.29, 1.82) is 0 Å². The van der Waals surface area contributed by atoms with Gasteiger partial charge < -0.3 is 10.1 Å². The lowest BCUT2D eigenvalue weighted by atomic mass is 10.2. The van der Waals surface area contributed by atoms with E-state index in [1.807, 2.05) is 6.92 Å². The summed E-state index contributed by atoms with van der Waals surface area (Å²) in [5.41, 5.74) is 1.13. The van der Waals surface area contributed by atoms with E-state index in [2.05, 4.69) is 17.2 Å². The first-order chi connectivity index (χ1) is 6.25. The van der Waals surface area contributed by atoms with Crippen LogP contribution in [0.4, 0.5) is 0 Å². The summed E-state index contributed by atoms with van der Waals surface area (Å²) < 4.78 is 5.62. The monoisotopic (exact) mass is 198 g/mol. The Morgan fingerprint density at radius 1 is 1.54 bits per heavy atom. The Labute approximate surface area is 82.1 Å². The standard InChI is InChI=1S/C9H14N2OS/c1-6-7(2)13-9(11-6)5-12-8-3-10-4-8/h8,10H,3-5H2,1-2H3. The SMILES string of the molecule is Cc1nc(COC2CNC2)sc1C. The quantitative estimate of drug-likeness (QED) is 0.793. The molecule has 1 aromatic heterocycles. The van der Waals surface area contributed by atoms with Crippen molar-refractivity contribution in [2.24, 2.45) is 0 Å². The number of nitrogens with zero attached hydrogens (tertiary/aromatic N) is 1. The highest BCUT2D eigenvalue weighted by Crippen LogP contribution is 2.17. The maximum Gasteiger partial charge on any atom is 0.119 e. The van der Waals surface area contributed by atoms with Crippen molar-refractivity contribution in [1.82, 2.24) is 10.3 Å². The van der Waals surface area contributed by atoms with Crippen molar-refractivity contribution >= 4 is 11.3 Å². The van der Waals surface area contributed by atoms with Gasteiger partial charge in [-0.2, -0.15) is 0 Å². The normalized spacial score (nSPS) is 17.4. The molecule has 3 nitrogen and oxygen atoms in total. The Kier molecular flexibility index (Phi) is 2.62. The molecule has 1 aliphatic rings. The van der Waals surface area contributed by atoms with Gasteiger partial charge in [0.1, 0.15) is 5.01 Å². The second-order valence-corrected chi connectivity index (χ2v) is 4.63. The highest BCUT2D eigenvalue weighted by molar-refractivity contribution is 7.11. The molecule has 1 N–H and O–H groups in total. The van der Waals surface area contributed by atoms with Gasteiger partial charge in [0.2, 0.25) is 0 Å². The fourth-order valence-corrected chi connectivity index (χ4v) is 2.03. The summed E-state index contributed by atoms with van der Waals surface area (Å²) >= 11 is 1.73. The number of hydrogen-bond acceptors (Lipinski definition) is 4. The first-order valence-corrected chi connectivity index (χ1v) is 5.32. The molecule has 1 aliphatic heterocycles. The molecule has 4 heteroatoms. The maximum atomic E-state index is 5.62. The zero-order valence-corrected chi connectivity index (χ0v) is 8.78. The third kappa shape index (κ3) is 2.07. The number of ether oxygens (including phenoxy) is 1. The summed E-state index contributed by atoms with van der Waals surface area (Å²) in [6.45, 7) is 6.79. The van der Waals surface area contributed by atoms with Gasteiger partial charge in [-0.15, -0.1) is 11.3 Å². The Morgan fingerprint density at radius 3 is 2.77 bits per heavy atom. The van der Waals surface area contributed by atoms with Crippen molar-refractivity contribution in [3.63, 3.8) is 0 Å². The molecule has 0 bridgehead atoms. The number of hydrogen-bond donors (Lipinski definition) is 1. The van der Waals surface area contributed by atoms with E-state index in [4.69, 9.17) is 4.74 Å². The summed E-state index contributed by atoms with van der Waals surface area (Å²) in [6, 6.07) is 0. The van der Waals surface area contributed by atoms with Crippen molar-refractivity contribution in [3.8, 4) is 0 Å². The first kappa shape index (κ1) is 9.12. The smallest absolute Gasteiger partial charge is 0.119 e. The molecule has 2 rings (SSSR count). The van der Waals surface area contributed by atoms with E-state index in [9.17, 15) is 0 Å². The lowest BCUT2D eigenvalue weighted by Gasteiger charge is -2.26. The van der Waals surface area contributed by atoms with E-state index in [-0.39, 0.29) is 0 Å². The van der Waals surface area contributed by atoms with Crippen LogP contribution in [0.3, 0.4) is 0 Å². The number of nitrogens with one attached hydrogen (secondary N) is 1. The topological polar surface area (TPSA) is 34.1 Å². The maximum absolute atomic E-state index is 5.62. The number of aryl methyl sites for hydroxylation is 2. The van der Waals surface area contributed by atoms with E-state index >= 15 is 0 Å². The van der Waals surface area contributed by atoms with Crippen LogP contribution in [0.5, 0.6) is 0 Å². The molecular formula is C9H14N2OS. The minimum atomic E-state index is 0.407. The molecule has 13 heavy (non-hydrogen) atoms. The van der Waals surface area contributed by atoms with Crippen molar-refractivity contribution in [2.75, 3.05) is 13.1 Å². The summed E-state index contributed by atoms with van der Waals surface area (Å²) in [4.78, 5) is 5.71. The zero-order valence-electron chi connectivity index (χ0n) is 7.96. The average molecular weight is 198 g/mol. The van der Waals surface area contributed by atoms with Crippen LogP contribution in [0.25, 0.3) is 0 Å². The van der Waals surface area contributed by atoms with Gasteiger partial charge >= 0.3 is 0 Å². The van der Waals surface area contributed by atoms with Crippen molar-refractivity contribution in [2.45, 2.75) is 26.6 Å². The van der Waals surface area contributed by atoms with Gasteiger partial charge in [0, 0.05) is 18.0 Å². The fraction of sp³-hybridized carbons (Fsp3) is 0.667. The van der Waals surface area contributed by atoms with Gasteiger partial charge in [-0.05, 0) is 13.8 Å². The molecule has 0 amide bonds. The molecule has 1 fully saturated rings. The van der Waals surface area contributed by atoms with Crippen LogP contribution >= 0.6 is 11.3 Å². The average Bonchev–Trinajstić information content (AvgIpc) is 2.28. The third-order valence-electron chi connectivity index (χ3n) is 2.26. The molecule has 0 aliphatic carbocycles. The summed E-state index contributed by atoms with van der Waals surface area (Å²) in [7, 11) is 0. The summed E-state index contributed by atoms with van der Waals surface area (Å²) in [5.74, 6) is 0. The van der Waals surface area contributed by atoms with E-state index in [0.29, 0.717) is 12.7 Å². The van der Waals surface area contributed by atoms with Crippen molar-refractivity contribution < 1.29 is 4.74 Å². The molecule has 0 saturated carbocycles. The number of aromatic nitrogens is 1. The van der Waals surface area contributed by atoms with Crippen LogP contribution in [0.15, 0.2) is 0 Å². The van der Waals surface area contributed by atoms with Gasteiger partial charge in [0.05, 0.1) is 18.4 Å².